The minimum atomic E-state index is -1.50. The van der Waals surface area contributed by atoms with Crippen LogP contribution >= 0.6 is 34.9 Å². The molecule has 0 spiro atoms. The second kappa shape index (κ2) is 10.6. The van der Waals surface area contributed by atoms with Gasteiger partial charge in [0.25, 0.3) is 11.8 Å². The maximum atomic E-state index is 12.8. The Balaban J connectivity index is 1.35. The van der Waals surface area contributed by atoms with Crippen LogP contribution < -0.4 is 5.32 Å². The topological polar surface area (TPSA) is 156 Å². The zero-order valence-corrected chi connectivity index (χ0v) is 21.1. The molecular formula is C20H20N4O6S4. The Morgan fingerprint density at radius 3 is 2.71 bits per heavy atom. The molecule has 3 heterocycles. The number of β-lactam (4-membered cyclic amide) rings is 1. The van der Waals surface area contributed by atoms with E-state index in [2.05, 4.69) is 15.5 Å². The number of thioether (sulfide) groups is 2. The monoisotopic (exact) mass is 540 g/mol. The van der Waals surface area contributed by atoms with Gasteiger partial charge in [0.1, 0.15) is 33.6 Å². The van der Waals surface area contributed by atoms with E-state index < -0.39 is 40.4 Å². The number of benzene rings is 1. The van der Waals surface area contributed by atoms with Crippen LogP contribution in [-0.4, -0.2) is 76.3 Å². The van der Waals surface area contributed by atoms with Crippen molar-refractivity contribution in [2.75, 3.05) is 17.3 Å². The second-order valence-electron chi connectivity index (χ2n) is 7.48. The smallest absolute Gasteiger partial charge is 0.352 e. The number of rotatable bonds is 9. The molecule has 1 aromatic heterocycles. The van der Waals surface area contributed by atoms with Crippen LogP contribution in [0, 0.1) is 6.92 Å². The van der Waals surface area contributed by atoms with Crippen molar-refractivity contribution in [1.29, 1.82) is 0 Å². The Kier molecular flexibility index (Phi) is 7.72. The van der Waals surface area contributed by atoms with E-state index in [-0.39, 0.29) is 23.0 Å². The van der Waals surface area contributed by atoms with E-state index in [0.717, 1.165) is 9.35 Å². The van der Waals surface area contributed by atoms with Crippen molar-refractivity contribution in [2.45, 2.75) is 28.4 Å². The van der Waals surface area contributed by atoms with Gasteiger partial charge in [0.2, 0.25) is 0 Å². The third-order valence-corrected chi connectivity index (χ3v) is 9.64. The first kappa shape index (κ1) is 24.9. The molecule has 0 bridgehead atoms. The largest absolute Gasteiger partial charge is 0.616 e. The summed E-state index contributed by atoms with van der Waals surface area (Å²) >= 11 is 2.67. The Morgan fingerprint density at radius 2 is 2.06 bits per heavy atom. The Bertz CT molecular complexity index is 1140. The predicted octanol–water partition coefficient (Wildman–Crippen LogP) is 1.33. The molecule has 0 radical (unpaired) electrons. The maximum Gasteiger partial charge on any atom is 0.352 e. The number of carboxylic acid groups (broad SMARTS) is 1. The van der Waals surface area contributed by atoms with Crippen LogP contribution in [0.3, 0.4) is 0 Å². The highest BCUT2D eigenvalue weighted by atomic mass is 32.2. The van der Waals surface area contributed by atoms with Crippen LogP contribution in [0.5, 0.6) is 5.75 Å². The standard InChI is InChI=1S/C20H20N4O6S4/c1-10-22-23-20(33-10)32-7-12-6-31-18-15(17(27)24(18)16(12)19(28)29)21-14(26)9-34(30)8-11-2-4-13(25)5-3-11/h2-5,15,18,25H,6-9H2,1H3,(H,21,26)(H,28,29)/t15?,18-,34?/m0/s1. The number of aliphatic carboxylic acids is 1. The van der Waals surface area contributed by atoms with Crippen LogP contribution in [0.1, 0.15) is 10.6 Å². The van der Waals surface area contributed by atoms with Gasteiger partial charge < -0.3 is 20.1 Å². The molecule has 0 saturated carbocycles. The van der Waals surface area contributed by atoms with Crippen LogP contribution in [0.15, 0.2) is 39.9 Å². The molecule has 1 aromatic carbocycles. The lowest BCUT2D eigenvalue weighted by atomic mass is 10.0. The number of hydrogen-bond acceptors (Lipinski definition) is 10. The van der Waals surface area contributed by atoms with Gasteiger partial charge in [-0.05, 0) is 35.8 Å². The van der Waals surface area contributed by atoms with E-state index in [0.29, 0.717) is 22.6 Å². The van der Waals surface area contributed by atoms with Crippen molar-refractivity contribution in [1.82, 2.24) is 20.4 Å². The number of carboxylic acids is 1. The fourth-order valence-electron chi connectivity index (χ4n) is 3.47. The summed E-state index contributed by atoms with van der Waals surface area (Å²) < 4.78 is 13.0. The number of phenols is 1. The van der Waals surface area contributed by atoms with Gasteiger partial charge in [0.15, 0.2) is 10.1 Å². The molecule has 2 unspecified atom stereocenters. The fraction of sp³-hybridized carbons (Fsp3) is 0.350. The van der Waals surface area contributed by atoms with Crippen molar-refractivity contribution >= 4 is 63.8 Å². The molecule has 0 aliphatic carbocycles. The van der Waals surface area contributed by atoms with E-state index in [9.17, 15) is 29.1 Å². The third kappa shape index (κ3) is 5.51. The fourth-order valence-corrected chi connectivity index (χ4v) is 7.81. The van der Waals surface area contributed by atoms with Crippen molar-refractivity contribution in [3.05, 3.63) is 46.1 Å². The highest BCUT2D eigenvalue weighted by Gasteiger charge is 2.54. The molecule has 34 heavy (non-hydrogen) atoms. The lowest BCUT2D eigenvalue weighted by Gasteiger charge is -2.49. The van der Waals surface area contributed by atoms with Gasteiger partial charge in [-0.1, -0.05) is 35.2 Å². The molecule has 10 nitrogen and oxygen atoms in total. The molecule has 180 valence electrons. The summed E-state index contributed by atoms with van der Waals surface area (Å²) in [6, 6.07) is 5.34. The number of nitrogens with zero attached hydrogens (tertiary/aromatic N) is 3. The first-order chi connectivity index (χ1) is 16.2. The van der Waals surface area contributed by atoms with E-state index in [1.54, 1.807) is 12.1 Å². The lowest BCUT2D eigenvalue weighted by Crippen LogP contribution is -2.71. The Labute approximate surface area is 210 Å². The minimum absolute atomic E-state index is 0.0520. The summed E-state index contributed by atoms with van der Waals surface area (Å²) in [6.45, 7) is 1.83. The normalized spacial score (nSPS) is 20.5. The summed E-state index contributed by atoms with van der Waals surface area (Å²) in [6.07, 6.45) is 0. The summed E-state index contributed by atoms with van der Waals surface area (Å²) in [4.78, 5) is 38.3. The van der Waals surface area contributed by atoms with Gasteiger partial charge in [-0.3, -0.25) is 14.5 Å². The van der Waals surface area contributed by atoms with Crippen molar-refractivity contribution < 1.29 is 29.1 Å². The van der Waals surface area contributed by atoms with Gasteiger partial charge in [-0.2, -0.15) is 0 Å². The third-order valence-electron chi connectivity index (χ3n) is 5.00. The first-order valence-electron chi connectivity index (χ1n) is 9.98. The summed E-state index contributed by atoms with van der Waals surface area (Å²) in [5.41, 5.74) is 1.27. The van der Waals surface area contributed by atoms with Crippen LogP contribution in [0.25, 0.3) is 0 Å². The number of aromatic nitrogens is 2. The minimum Gasteiger partial charge on any atom is -0.616 e. The highest BCUT2D eigenvalue weighted by molar-refractivity contribution is 8.01. The first-order valence-corrected chi connectivity index (χ1v) is 14.3. The number of hydrogen-bond donors (Lipinski definition) is 3. The maximum absolute atomic E-state index is 12.8. The number of carbonyl (C=O) groups excluding carboxylic acids is 2. The Morgan fingerprint density at radius 1 is 1.32 bits per heavy atom. The number of carbonyl (C=O) groups is 3. The van der Waals surface area contributed by atoms with Crippen molar-refractivity contribution in [3.8, 4) is 5.75 Å². The van der Waals surface area contributed by atoms with E-state index in [1.165, 1.54) is 51.9 Å². The van der Waals surface area contributed by atoms with Gasteiger partial charge in [0, 0.05) is 17.1 Å². The second-order valence-corrected chi connectivity index (χ2v) is 12.4. The quantitative estimate of drug-likeness (QED) is 0.241. The van der Waals surface area contributed by atoms with Crippen LogP contribution in [0.4, 0.5) is 0 Å². The van der Waals surface area contributed by atoms with Crippen LogP contribution in [0.2, 0.25) is 0 Å². The molecule has 2 amide bonds. The zero-order valence-electron chi connectivity index (χ0n) is 17.8. The van der Waals surface area contributed by atoms with Gasteiger partial charge >= 0.3 is 5.97 Å². The number of aryl methyl sites for hydroxylation is 1. The number of amides is 2. The summed E-state index contributed by atoms with van der Waals surface area (Å²) in [7, 11) is 0. The molecule has 1 saturated heterocycles. The average Bonchev–Trinajstić information content (AvgIpc) is 3.21. The molecule has 2 aliphatic heterocycles. The SMILES string of the molecule is Cc1nnc(SCC2=C(C(=O)O)N3C(=O)C(NC(=O)C[S+]([O-])Cc4ccc(O)cc4)[C@@H]3SC2)s1. The average molecular weight is 541 g/mol. The van der Waals surface area contributed by atoms with Gasteiger partial charge in [-0.15, -0.1) is 22.0 Å². The van der Waals surface area contributed by atoms with E-state index in [1.807, 2.05) is 6.92 Å². The van der Waals surface area contributed by atoms with Crippen molar-refractivity contribution in [3.63, 3.8) is 0 Å². The molecular weight excluding hydrogens is 521 g/mol. The van der Waals surface area contributed by atoms with Crippen molar-refractivity contribution in [2.24, 2.45) is 0 Å². The zero-order chi connectivity index (χ0) is 24.4. The molecule has 14 heteroatoms. The molecule has 2 aliphatic rings. The van der Waals surface area contributed by atoms with Crippen LogP contribution in [-0.2, 0) is 31.3 Å². The molecule has 3 N–H and O–H groups in total. The summed E-state index contributed by atoms with van der Waals surface area (Å²) in [5, 5.41) is 29.9. The van der Waals surface area contributed by atoms with Gasteiger partial charge in [-0.25, -0.2) is 4.79 Å². The Hall–Kier alpha value is -2.26. The number of nitrogens with one attached hydrogen (secondary N) is 1. The lowest BCUT2D eigenvalue weighted by molar-refractivity contribution is -0.150. The van der Waals surface area contributed by atoms with Gasteiger partial charge in [0.05, 0.1) is 0 Å². The number of fused-ring (bicyclic) bond motifs is 1. The number of phenolic OH excluding ortho intramolecular Hbond substituents is 1. The number of aromatic hydroxyl groups is 1. The molecule has 3 atom stereocenters. The highest BCUT2D eigenvalue weighted by Crippen LogP contribution is 2.41. The summed E-state index contributed by atoms with van der Waals surface area (Å²) in [5.74, 6) is -1.51. The predicted molar refractivity (Wildman–Crippen MR) is 130 cm³/mol. The molecule has 1 fully saturated rings. The van der Waals surface area contributed by atoms with E-state index in [4.69, 9.17) is 0 Å². The molecule has 2 aromatic rings. The molecule has 4 rings (SSSR count). The van der Waals surface area contributed by atoms with E-state index >= 15 is 0 Å².